The molecular formula is C18H15N5O4S. The SMILES string of the molecule is CS(=O)(=O)c1ccc(-n2nc(COC(=O)N=[N+]=[N-])cc2-c2ccccc2)cc1. The topological polar surface area (TPSA) is 127 Å². The van der Waals surface area contributed by atoms with E-state index in [-0.39, 0.29) is 11.5 Å². The molecule has 0 atom stereocenters. The molecule has 0 saturated carbocycles. The molecule has 0 N–H and O–H groups in total. The summed E-state index contributed by atoms with van der Waals surface area (Å²) in [6, 6.07) is 17.5. The monoisotopic (exact) mass is 397 g/mol. The summed E-state index contributed by atoms with van der Waals surface area (Å²) < 4.78 is 29.8. The Kier molecular flexibility index (Phi) is 5.44. The van der Waals surface area contributed by atoms with Crippen molar-refractivity contribution in [2.24, 2.45) is 5.11 Å². The fourth-order valence-corrected chi connectivity index (χ4v) is 3.18. The van der Waals surface area contributed by atoms with Gasteiger partial charge in [-0.3, -0.25) is 0 Å². The van der Waals surface area contributed by atoms with Gasteiger partial charge in [0.05, 0.1) is 16.3 Å². The smallest absolute Gasteiger partial charge is 0.397 e. The average Bonchev–Trinajstić information content (AvgIpc) is 3.11. The Hall–Kier alpha value is -3.62. The normalized spacial score (nSPS) is 10.9. The summed E-state index contributed by atoms with van der Waals surface area (Å²) in [6.07, 6.45) is 0.0948. The molecule has 10 heteroatoms. The molecule has 0 aliphatic heterocycles. The predicted molar refractivity (Wildman–Crippen MR) is 101 cm³/mol. The second-order valence-corrected chi connectivity index (χ2v) is 7.82. The van der Waals surface area contributed by atoms with Gasteiger partial charge in [-0.1, -0.05) is 30.3 Å². The highest BCUT2D eigenvalue weighted by molar-refractivity contribution is 7.90. The molecule has 142 valence electrons. The Balaban J connectivity index is 2.01. The standard InChI is InChI=1S/C18H15N5O4S/c1-28(25,26)16-9-7-15(8-10-16)23-17(13-5-3-2-4-6-13)11-14(21-23)12-27-18(24)20-22-19/h2-11H,12H2,1H3. The van der Waals surface area contributed by atoms with E-state index in [9.17, 15) is 13.2 Å². The number of azide groups is 1. The number of sulfone groups is 1. The Morgan fingerprint density at radius 1 is 1.18 bits per heavy atom. The van der Waals surface area contributed by atoms with Crippen molar-refractivity contribution < 1.29 is 17.9 Å². The van der Waals surface area contributed by atoms with Crippen LogP contribution in [0.1, 0.15) is 5.69 Å². The van der Waals surface area contributed by atoms with Crippen molar-refractivity contribution in [2.45, 2.75) is 11.5 Å². The van der Waals surface area contributed by atoms with E-state index in [4.69, 9.17) is 10.3 Å². The summed E-state index contributed by atoms with van der Waals surface area (Å²) in [4.78, 5) is 13.8. The summed E-state index contributed by atoms with van der Waals surface area (Å²) in [5.41, 5.74) is 10.9. The van der Waals surface area contributed by atoms with E-state index in [0.717, 1.165) is 17.5 Å². The zero-order chi connectivity index (χ0) is 20.1. The lowest BCUT2D eigenvalue weighted by Crippen LogP contribution is -2.03. The average molecular weight is 397 g/mol. The Morgan fingerprint density at radius 2 is 1.86 bits per heavy atom. The third-order valence-electron chi connectivity index (χ3n) is 3.81. The molecular weight excluding hydrogens is 382 g/mol. The van der Waals surface area contributed by atoms with Crippen molar-refractivity contribution in [2.75, 3.05) is 6.26 Å². The van der Waals surface area contributed by atoms with Crippen LogP contribution in [0.4, 0.5) is 4.79 Å². The zero-order valence-corrected chi connectivity index (χ0v) is 15.6. The van der Waals surface area contributed by atoms with Crippen LogP contribution in [-0.2, 0) is 21.2 Å². The van der Waals surface area contributed by atoms with Crippen molar-refractivity contribution >= 4 is 15.9 Å². The summed E-state index contributed by atoms with van der Waals surface area (Å²) in [7, 11) is -3.31. The molecule has 0 aliphatic rings. The van der Waals surface area contributed by atoms with Gasteiger partial charge in [0.2, 0.25) is 0 Å². The molecule has 0 radical (unpaired) electrons. The zero-order valence-electron chi connectivity index (χ0n) is 14.8. The van der Waals surface area contributed by atoms with Crippen molar-refractivity contribution in [3.63, 3.8) is 0 Å². The molecule has 0 bridgehead atoms. The number of benzene rings is 2. The third-order valence-corrected chi connectivity index (χ3v) is 4.94. The van der Waals surface area contributed by atoms with Crippen LogP contribution < -0.4 is 0 Å². The molecule has 0 fully saturated rings. The number of carbonyl (C=O) groups is 1. The van der Waals surface area contributed by atoms with Crippen LogP contribution in [0.15, 0.2) is 70.7 Å². The predicted octanol–water partition coefficient (Wildman–Crippen LogP) is 3.89. The molecule has 1 heterocycles. The van der Waals surface area contributed by atoms with Crippen molar-refractivity contribution in [3.8, 4) is 16.9 Å². The highest BCUT2D eigenvalue weighted by Crippen LogP contribution is 2.25. The fourth-order valence-electron chi connectivity index (χ4n) is 2.55. The molecule has 2 aromatic carbocycles. The first-order chi connectivity index (χ1) is 13.4. The van der Waals surface area contributed by atoms with E-state index in [2.05, 4.69) is 15.1 Å². The van der Waals surface area contributed by atoms with E-state index in [1.807, 2.05) is 30.3 Å². The summed E-state index contributed by atoms with van der Waals surface area (Å²) >= 11 is 0. The maximum absolute atomic E-state index is 11.7. The van der Waals surface area contributed by atoms with Gasteiger partial charge in [-0.25, -0.2) is 17.9 Å². The minimum absolute atomic E-state index is 0.174. The number of nitrogens with zero attached hydrogens (tertiary/aromatic N) is 5. The Labute approximate surface area is 160 Å². The minimum Gasteiger partial charge on any atom is -0.454 e. The molecule has 0 aliphatic carbocycles. The van der Waals surface area contributed by atoms with Gasteiger partial charge in [0.25, 0.3) is 0 Å². The summed E-state index contributed by atoms with van der Waals surface area (Å²) in [6.45, 7) is -0.174. The van der Waals surface area contributed by atoms with Gasteiger partial charge < -0.3 is 4.74 Å². The van der Waals surface area contributed by atoms with E-state index < -0.39 is 15.9 Å². The number of hydrogen-bond acceptors (Lipinski definition) is 5. The van der Waals surface area contributed by atoms with Crippen LogP contribution in [0, 0.1) is 0 Å². The van der Waals surface area contributed by atoms with Gasteiger partial charge in [0.15, 0.2) is 9.84 Å². The quantitative estimate of drug-likeness (QED) is 0.366. The minimum atomic E-state index is -3.31. The van der Waals surface area contributed by atoms with E-state index in [1.54, 1.807) is 22.9 Å². The number of carbonyl (C=O) groups excluding carboxylic acids is 1. The first-order valence-electron chi connectivity index (χ1n) is 8.05. The van der Waals surface area contributed by atoms with Gasteiger partial charge in [-0.15, -0.1) is 0 Å². The van der Waals surface area contributed by atoms with E-state index in [1.165, 1.54) is 12.1 Å². The molecule has 1 aromatic heterocycles. The lowest BCUT2D eigenvalue weighted by Gasteiger charge is -2.08. The largest absolute Gasteiger partial charge is 0.454 e. The number of aromatic nitrogens is 2. The van der Waals surface area contributed by atoms with Crippen LogP contribution >= 0.6 is 0 Å². The summed E-state index contributed by atoms with van der Waals surface area (Å²) in [5.74, 6) is 0. The molecule has 9 nitrogen and oxygen atoms in total. The van der Waals surface area contributed by atoms with E-state index in [0.29, 0.717) is 11.4 Å². The van der Waals surface area contributed by atoms with Crippen molar-refractivity contribution in [1.29, 1.82) is 0 Å². The lowest BCUT2D eigenvalue weighted by molar-refractivity contribution is 0.148. The Bertz CT molecular complexity index is 1150. The van der Waals surface area contributed by atoms with Crippen LogP contribution in [0.25, 0.3) is 27.4 Å². The van der Waals surface area contributed by atoms with Crippen LogP contribution in [-0.4, -0.2) is 30.5 Å². The first kappa shape index (κ1) is 19.2. The number of ether oxygens (including phenoxy) is 1. The Morgan fingerprint density at radius 3 is 2.46 bits per heavy atom. The molecule has 1 amide bonds. The van der Waals surface area contributed by atoms with Gasteiger partial charge in [0, 0.05) is 21.8 Å². The molecule has 0 spiro atoms. The number of hydrogen-bond donors (Lipinski definition) is 0. The first-order valence-corrected chi connectivity index (χ1v) is 9.94. The highest BCUT2D eigenvalue weighted by atomic mass is 32.2. The maximum Gasteiger partial charge on any atom is 0.397 e. The van der Waals surface area contributed by atoms with Crippen molar-refractivity contribution in [3.05, 3.63) is 76.8 Å². The second kappa shape index (κ2) is 7.95. The molecule has 28 heavy (non-hydrogen) atoms. The molecule has 3 aromatic rings. The number of rotatable bonds is 5. The van der Waals surface area contributed by atoms with Gasteiger partial charge in [0.1, 0.15) is 12.3 Å². The molecule has 0 saturated heterocycles. The third kappa shape index (κ3) is 4.37. The van der Waals surface area contributed by atoms with Crippen LogP contribution in [0.3, 0.4) is 0 Å². The highest BCUT2D eigenvalue weighted by Gasteiger charge is 2.14. The summed E-state index contributed by atoms with van der Waals surface area (Å²) in [5, 5.41) is 7.28. The fraction of sp³-hybridized carbons (Fsp3) is 0.111. The van der Waals surface area contributed by atoms with Gasteiger partial charge in [-0.2, -0.15) is 5.10 Å². The maximum atomic E-state index is 11.7. The number of amides is 1. The molecule has 3 rings (SSSR count). The second-order valence-electron chi connectivity index (χ2n) is 5.81. The molecule has 0 unspecified atom stereocenters. The van der Waals surface area contributed by atoms with E-state index >= 15 is 0 Å². The van der Waals surface area contributed by atoms with Crippen LogP contribution in [0.2, 0.25) is 0 Å². The van der Waals surface area contributed by atoms with Gasteiger partial charge in [-0.05, 0) is 35.9 Å². The van der Waals surface area contributed by atoms with Crippen molar-refractivity contribution in [1.82, 2.24) is 9.78 Å². The van der Waals surface area contributed by atoms with Crippen LogP contribution in [0.5, 0.6) is 0 Å². The lowest BCUT2D eigenvalue weighted by atomic mass is 10.1. The van der Waals surface area contributed by atoms with Gasteiger partial charge >= 0.3 is 6.09 Å².